The molecule has 3 aromatic rings. The highest BCUT2D eigenvalue weighted by Gasteiger charge is 2.36. The fourth-order valence-corrected chi connectivity index (χ4v) is 4.45. The van der Waals surface area contributed by atoms with Crippen LogP contribution in [0.3, 0.4) is 0 Å². The van der Waals surface area contributed by atoms with Crippen molar-refractivity contribution in [2.24, 2.45) is 0 Å². The summed E-state index contributed by atoms with van der Waals surface area (Å²) >= 11 is 3.60. The summed E-state index contributed by atoms with van der Waals surface area (Å²) in [5, 5.41) is 3.40. The molecule has 0 unspecified atom stereocenters. The van der Waals surface area contributed by atoms with E-state index in [1.165, 1.54) is 0 Å². The van der Waals surface area contributed by atoms with Crippen molar-refractivity contribution in [3.05, 3.63) is 52.7 Å². The number of imidazole rings is 1. The summed E-state index contributed by atoms with van der Waals surface area (Å²) in [6.45, 7) is 6.90. The predicted molar refractivity (Wildman–Crippen MR) is 126 cm³/mol. The van der Waals surface area contributed by atoms with Gasteiger partial charge in [0.25, 0.3) is 0 Å². The van der Waals surface area contributed by atoms with E-state index in [9.17, 15) is 4.79 Å². The molecule has 2 aromatic heterocycles. The standard InChI is InChI=1S/C23H28BrN5O3/c1-23(2,3)32-22(30)28-12-5-6-17(28)21-27-19(24)18-20(25-11-13-29(18)21)26-14-15-7-9-16(31-4)10-8-15/h7-11,13,17H,5-6,12,14H2,1-4H3,(H,25,26)/t17-/m0/s1. The molecule has 32 heavy (non-hydrogen) atoms. The first kappa shape index (κ1) is 22.4. The minimum Gasteiger partial charge on any atom is -0.497 e. The first-order valence-electron chi connectivity index (χ1n) is 10.7. The van der Waals surface area contributed by atoms with Gasteiger partial charge in [-0.2, -0.15) is 0 Å². The highest BCUT2D eigenvalue weighted by atomic mass is 79.9. The third-order valence-electron chi connectivity index (χ3n) is 5.34. The average Bonchev–Trinajstić information content (AvgIpc) is 3.36. The number of likely N-dealkylation sites (tertiary alicyclic amines) is 1. The number of methoxy groups -OCH3 is 1. The van der Waals surface area contributed by atoms with Crippen LogP contribution in [0, 0.1) is 0 Å². The Labute approximate surface area is 196 Å². The number of benzene rings is 1. The fourth-order valence-electron chi connectivity index (χ4n) is 3.89. The highest BCUT2D eigenvalue weighted by Crippen LogP contribution is 2.36. The highest BCUT2D eigenvalue weighted by molar-refractivity contribution is 9.10. The van der Waals surface area contributed by atoms with Gasteiger partial charge in [0, 0.05) is 25.5 Å². The van der Waals surface area contributed by atoms with Gasteiger partial charge < -0.3 is 14.8 Å². The molecule has 0 radical (unpaired) electrons. The zero-order valence-electron chi connectivity index (χ0n) is 18.8. The van der Waals surface area contributed by atoms with Crippen LogP contribution < -0.4 is 10.1 Å². The second-order valence-electron chi connectivity index (χ2n) is 8.79. The van der Waals surface area contributed by atoms with Crippen LogP contribution in [0.2, 0.25) is 0 Å². The SMILES string of the molecule is COc1ccc(CNc2nccn3c([C@@H]4CCCN4C(=O)OC(C)(C)C)nc(Br)c23)cc1. The number of aromatic nitrogens is 3. The fraction of sp³-hybridized carbons (Fsp3) is 0.435. The molecule has 1 saturated heterocycles. The van der Waals surface area contributed by atoms with E-state index in [1.807, 2.05) is 55.6 Å². The second kappa shape index (κ2) is 8.97. The molecule has 0 bridgehead atoms. The Morgan fingerprint density at radius 2 is 2.03 bits per heavy atom. The number of ether oxygens (including phenoxy) is 2. The zero-order valence-corrected chi connectivity index (χ0v) is 20.3. The summed E-state index contributed by atoms with van der Waals surface area (Å²) in [7, 11) is 1.65. The minimum atomic E-state index is -0.540. The molecule has 0 aliphatic carbocycles. The van der Waals surface area contributed by atoms with Gasteiger partial charge in [-0.1, -0.05) is 12.1 Å². The lowest BCUT2D eigenvalue weighted by Gasteiger charge is -2.28. The van der Waals surface area contributed by atoms with Crippen molar-refractivity contribution in [3.63, 3.8) is 0 Å². The number of anilines is 1. The summed E-state index contributed by atoms with van der Waals surface area (Å²) < 4.78 is 13.5. The Bertz CT molecular complexity index is 1110. The summed E-state index contributed by atoms with van der Waals surface area (Å²) in [5.41, 5.74) is 1.41. The molecule has 0 saturated carbocycles. The molecule has 1 atom stereocenters. The van der Waals surface area contributed by atoms with Gasteiger partial charge in [0.1, 0.15) is 27.3 Å². The summed E-state index contributed by atoms with van der Waals surface area (Å²) in [6.07, 6.45) is 5.06. The van der Waals surface area contributed by atoms with Crippen LogP contribution in [0.15, 0.2) is 41.3 Å². The Balaban J connectivity index is 1.59. The maximum absolute atomic E-state index is 12.8. The van der Waals surface area contributed by atoms with Gasteiger partial charge in [-0.15, -0.1) is 0 Å². The Kier molecular flexibility index (Phi) is 6.28. The number of halogens is 1. The van der Waals surface area contributed by atoms with Crippen molar-refractivity contribution in [2.75, 3.05) is 19.0 Å². The Morgan fingerprint density at radius 1 is 1.28 bits per heavy atom. The molecule has 1 aliphatic heterocycles. The molecule has 0 spiro atoms. The number of hydrogen-bond donors (Lipinski definition) is 1. The molecule has 170 valence electrons. The van der Waals surface area contributed by atoms with E-state index in [4.69, 9.17) is 14.5 Å². The number of carbonyl (C=O) groups is 1. The van der Waals surface area contributed by atoms with Crippen molar-refractivity contribution in [1.29, 1.82) is 0 Å². The number of amides is 1. The maximum atomic E-state index is 12.8. The molecule has 1 amide bonds. The minimum absolute atomic E-state index is 0.152. The van der Waals surface area contributed by atoms with E-state index in [0.29, 0.717) is 17.7 Å². The molecular formula is C23H28BrN5O3. The molecular weight excluding hydrogens is 474 g/mol. The van der Waals surface area contributed by atoms with Gasteiger partial charge in [0.15, 0.2) is 5.82 Å². The lowest BCUT2D eigenvalue weighted by molar-refractivity contribution is 0.0218. The Morgan fingerprint density at radius 3 is 2.72 bits per heavy atom. The van der Waals surface area contributed by atoms with Gasteiger partial charge >= 0.3 is 6.09 Å². The lowest BCUT2D eigenvalue weighted by Crippen LogP contribution is -2.36. The van der Waals surface area contributed by atoms with Crippen LogP contribution in [-0.2, 0) is 11.3 Å². The molecule has 4 rings (SSSR count). The summed E-state index contributed by atoms with van der Waals surface area (Å²) in [4.78, 5) is 23.9. The normalized spacial score (nSPS) is 16.4. The largest absolute Gasteiger partial charge is 0.497 e. The van der Waals surface area contributed by atoms with Crippen molar-refractivity contribution < 1.29 is 14.3 Å². The third-order valence-corrected chi connectivity index (χ3v) is 5.89. The first-order valence-corrected chi connectivity index (χ1v) is 11.4. The number of carbonyl (C=O) groups excluding carboxylic acids is 1. The monoisotopic (exact) mass is 501 g/mol. The smallest absolute Gasteiger partial charge is 0.410 e. The molecule has 9 heteroatoms. The van der Waals surface area contributed by atoms with E-state index in [0.717, 1.165) is 41.3 Å². The second-order valence-corrected chi connectivity index (χ2v) is 9.54. The third kappa shape index (κ3) is 4.67. The van der Waals surface area contributed by atoms with E-state index < -0.39 is 5.60 Å². The average molecular weight is 502 g/mol. The molecule has 8 nitrogen and oxygen atoms in total. The van der Waals surface area contributed by atoms with Crippen molar-refractivity contribution in [2.45, 2.75) is 51.8 Å². The molecule has 1 fully saturated rings. The number of fused-ring (bicyclic) bond motifs is 1. The van der Waals surface area contributed by atoms with Crippen LogP contribution in [0.1, 0.15) is 51.0 Å². The van der Waals surface area contributed by atoms with Gasteiger partial charge in [0.2, 0.25) is 0 Å². The van der Waals surface area contributed by atoms with E-state index >= 15 is 0 Å². The topological polar surface area (TPSA) is 81.0 Å². The first-order chi connectivity index (χ1) is 15.3. The zero-order chi connectivity index (χ0) is 22.9. The number of rotatable bonds is 5. The van der Waals surface area contributed by atoms with E-state index in [-0.39, 0.29) is 12.1 Å². The number of hydrogen-bond acceptors (Lipinski definition) is 6. The van der Waals surface area contributed by atoms with E-state index in [1.54, 1.807) is 18.2 Å². The van der Waals surface area contributed by atoms with Crippen LogP contribution in [0.4, 0.5) is 10.6 Å². The van der Waals surface area contributed by atoms with Gasteiger partial charge in [-0.05, 0) is 67.2 Å². The van der Waals surface area contributed by atoms with Crippen molar-refractivity contribution in [1.82, 2.24) is 19.3 Å². The molecule has 1 aromatic carbocycles. The van der Waals surface area contributed by atoms with Crippen molar-refractivity contribution in [3.8, 4) is 5.75 Å². The van der Waals surface area contributed by atoms with Crippen molar-refractivity contribution >= 4 is 33.4 Å². The predicted octanol–water partition coefficient (Wildman–Crippen LogP) is 5.18. The summed E-state index contributed by atoms with van der Waals surface area (Å²) in [5.74, 6) is 2.34. The number of nitrogens with zero attached hydrogens (tertiary/aromatic N) is 4. The van der Waals surface area contributed by atoms with Crippen LogP contribution in [0.5, 0.6) is 5.75 Å². The number of nitrogens with one attached hydrogen (secondary N) is 1. The Hall–Kier alpha value is -2.81. The summed E-state index contributed by atoms with van der Waals surface area (Å²) in [6, 6.07) is 7.74. The van der Waals surface area contributed by atoms with E-state index in [2.05, 4.69) is 26.2 Å². The van der Waals surface area contributed by atoms with Gasteiger partial charge in [0.05, 0.1) is 13.2 Å². The van der Waals surface area contributed by atoms with Gasteiger partial charge in [-0.3, -0.25) is 9.30 Å². The van der Waals surface area contributed by atoms with Gasteiger partial charge in [-0.25, -0.2) is 14.8 Å². The molecule has 1 N–H and O–H groups in total. The molecule has 1 aliphatic rings. The molecule has 3 heterocycles. The van der Waals surface area contributed by atoms with Crippen LogP contribution in [-0.4, -0.2) is 44.6 Å². The van der Waals surface area contributed by atoms with Crippen LogP contribution >= 0.6 is 15.9 Å². The lowest BCUT2D eigenvalue weighted by atomic mass is 10.2. The quantitative estimate of drug-likeness (QED) is 0.518. The van der Waals surface area contributed by atoms with Crippen LogP contribution in [0.25, 0.3) is 5.52 Å². The maximum Gasteiger partial charge on any atom is 0.410 e.